The number of nitrogen functional groups attached to an aromatic ring is 1. The first-order valence-corrected chi connectivity index (χ1v) is 7.76. The Bertz CT molecular complexity index is 629. The zero-order valence-corrected chi connectivity index (χ0v) is 13.0. The summed E-state index contributed by atoms with van der Waals surface area (Å²) in [4.78, 5) is 2.58. The normalized spacial score (nSPS) is 14.6. The molecule has 2 N–H and O–H groups in total. The lowest BCUT2D eigenvalue weighted by molar-refractivity contribution is 0.246. The monoisotopic (exact) mass is 280 g/mol. The minimum Gasteiger partial charge on any atom is -0.399 e. The number of aryl methyl sites for hydroxylation is 2. The van der Waals surface area contributed by atoms with E-state index >= 15 is 0 Å². The van der Waals surface area contributed by atoms with E-state index < -0.39 is 0 Å². The van der Waals surface area contributed by atoms with Crippen molar-refractivity contribution in [3.63, 3.8) is 0 Å². The van der Waals surface area contributed by atoms with Crippen molar-refractivity contribution in [1.82, 2.24) is 4.90 Å². The molecule has 0 spiro atoms. The molecule has 1 aliphatic carbocycles. The summed E-state index contributed by atoms with van der Waals surface area (Å²) < 4.78 is 0. The summed E-state index contributed by atoms with van der Waals surface area (Å²) >= 11 is 0. The minimum atomic E-state index is 0.744. The number of rotatable bonds is 5. The third kappa shape index (κ3) is 3.64. The van der Waals surface area contributed by atoms with Gasteiger partial charge in [-0.05, 0) is 61.1 Å². The first-order chi connectivity index (χ1) is 10.1. The van der Waals surface area contributed by atoms with Gasteiger partial charge in [0, 0.05) is 24.8 Å². The molecule has 0 unspecified atom stereocenters. The zero-order valence-electron chi connectivity index (χ0n) is 13.0. The molecular formula is C19H24N2. The van der Waals surface area contributed by atoms with Crippen LogP contribution in [-0.4, -0.2) is 10.9 Å². The second-order valence-corrected chi connectivity index (χ2v) is 6.30. The van der Waals surface area contributed by atoms with Crippen molar-refractivity contribution in [2.24, 2.45) is 0 Å². The molecule has 0 radical (unpaired) electrons. The van der Waals surface area contributed by atoms with Gasteiger partial charge in [-0.3, -0.25) is 4.90 Å². The average Bonchev–Trinajstić information content (AvgIpc) is 3.27. The molecular weight excluding hydrogens is 256 g/mol. The van der Waals surface area contributed by atoms with Gasteiger partial charge in [-0.2, -0.15) is 0 Å². The maximum Gasteiger partial charge on any atom is 0.0317 e. The van der Waals surface area contributed by atoms with Gasteiger partial charge in [0.1, 0.15) is 0 Å². The fraction of sp³-hybridized carbons (Fsp3) is 0.368. The molecule has 0 amide bonds. The quantitative estimate of drug-likeness (QED) is 0.837. The highest BCUT2D eigenvalue weighted by atomic mass is 15.2. The number of benzene rings is 2. The van der Waals surface area contributed by atoms with Crippen LogP contribution >= 0.6 is 0 Å². The lowest BCUT2D eigenvalue weighted by Gasteiger charge is -2.23. The molecule has 1 fully saturated rings. The van der Waals surface area contributed by atoms with Crippen molar-refractivity contribution in [1.29, 1.82) is 0 Å². The largest absolute Gasteiger partial charge is 0.399 e. The van der Waals surface area contributed by atoms with Gasteiger partial charge in [0.25, 0.3) is 0 Å². The molecule has 3 rings (SSSR count). The van der Waals surface area contributed by atoms with Crippen molar-refractivity contribution in [3.05, 3.63) is 64.7 Å². The summed E-state index contributed by atoms with van der Waals surface area (Å²) in [5.74, 6) is 0. The molecule has 21 heavy (non-hydrogen) atoms. The molecule has 110 valence electrons. The van der Waals surface area contributed by atoms with Crippen LogP contribution in [-0.2, 0) is 13.1 Å². The Hall–Kier alpha value is -1.80. The van der Waals surface area contributed by atoms with Gasteiger partial charge in [0.15, 0.2) is 0 Å². The maximum absolute atomic E-state index is 5.90. The van der Waals surface area contributed by atoms with E-state index in [4.69, 9.17) is 5.73 Å². The van der Waals surface area contributed by atoms with E-state index in [1.807, 2.05) is 12.1 Å². The summed E-state index contributed by atoms with van der Waals surface area (Å²) in [6.45, 7) is 6.38. The van der Waals surface area contributed by atoms with E-state index in [1.54, 1.807) is 0 Å². The second-order valence-electron chi connectivity index (χ2n) is 6.30. The molecule has 0 aliphatic heterocycles. The maximum atomic E-state index is 5.90. The molecule has 1 saturated carbocycles. The molecule has 2 aromatic carbocycles. The highest BCUT2D eigenvalue weighted by Crippen LogP contribution is 2.30. The first kappa shape index (κ1) is 14.2. The fourth-order valence-electron chi connectivity index (χ4n) is 2.82. The van der Waals surface area contributed by atoms with Crippen molar-refractivity contribution in [2.45, 2.75) is 45.8 Å². The van der Waals surface area contributed by atoms with Crippen LogP contribution in [0.3, 0.4) is 0 Å². The summed E-state index contributed by atoms with van der Waals surface area (Å²) in [6, 6.07) is 15.8. The van der Waals surface area contributed by atoms with E-state index in [0.29, 0.717) is 0 Å². The Labute approximate surface area is 127 Å². The number of nitrogens with two attached hydrogens (primary N) is 1. The van der Waals surface area contributed by atoms with E-state index in [-0.39, 0.29) is 0 Å². The summed E-state index contributed by atoms with van der Waals surface area (Å²) in [5, 5.41) is 0. The number of anilines is 1. The third-order valence-corrected chi connectivity index (χ3v) is 4.36. The van der Waals surface area contributed by atoms with Crippen LogP contribution in [0.5, 0.6) is 0 Å². The lowest BCUT2D eigenvalue weighted by atomic mass is 10.1. The highest BCUT2D eigenvalue weighted by molar-refractivity contribution is 5.40. The molecule has 0 atom stereocenters. The molecule has 1 aliphatic rings. The van der Waals surface area contributed by atoms with E-state index in [9.17, 15) is 0 Å². The van der Waals surface area contributed by atoms with Crippen molar-refractivity contribution in [2.75, 3.05) is 5.73 Å². The van der Waals surface area contributed by atoms with E-state index in [2.05, 4.69) is 49.1 Å². The van der Waals surface area contributed by atoms with Crippen molar-refractivity contribution >= 4 is 5.69 Å². The van der Waals surface area contributed by atoms with Crippen molar-refractivity contribution in [3.8, 4) is 0 Å². The smallest absolute Gasteiger partial charge is 0.0317 e. The highest BCUT2D eigenvalue weighted by Gasteiger charge is 2.28. The standard InChI is InChI=1S/C19H24N2/c1-14-6-7-17(10-15(14)2)13-21(19-8-9-19)12-16-4-3-5-18(20)11-16/h3-7,10-11,19H,8-9,12-13,20H2,1-2H3. The lowest BCUT2D eigenvalue weighted by Crippen LogP contribution is -2.25. The Balaban J connectivity index is 1.74. The zero-order chi connectivity index (χ0) is 14.8. The van der Waals surface area contributed by atoms with Gasteiger partial charge in [-0.25, -0.2) is 0 Å². The Morgan fingerprint density at radius 1 is 0.952 bits per heavy atom. The predicted molar refractivity (Wildman–Crippen MR) is 89.0 cm³/mol. The van der Waals surface area contributed by atoms with Gasteiger partial charge >= 0.3 is 0 Å². The number of hydrogen-bond acceptors (Lipinski definition) is 2. The average molecular weight is 280 g/mol. The van der Waals surface area contributed by atoms with Crippen LogP contribution in [0.2, 0.25) is 0 Å². The molecule has 0 heterocycles. The van der Waals surface area contributed by atoms with E-state index in [0.717, 1.165) is 24.8 Å². The fourth-order valence-corrected chi connectivity index (χ4v) is 2.82. The predicted octanol–water partition coefficient (Wildman–Crippen LogP) is 4.05. The van der Waals surface area contributed by atoms with Crippen LogP contribution < -0.4 is 5.73 Å². The summed E-state index contributed by atoms with van der Waals surface area (Å²) in [6.07, 6.45) is 2.65. The van der Waals surface area contributed by atoms with Crippen LogP contribution in [0.4, 0.5) is 5.69 Å². The molecule has 0 aromatic heterocycles. The van der Waals surface area contributed by atoms with Gasteiger partial charge < -0.3 is 5.73 Å². The summed E-state index contributed by atoms with van der Waals surface area (Å²) in [5.41, 5.74) is 12.2. The van der Waals surface area contributed by atoms with Crippen molar-refractivity contribution < 1.29 is 0 Å². The Morgan fingerprint density at radius 3 is 2.29 bits per heavy atom. The molecule has 2 aromatic rings. The van der Waals surface area contributed by atoms with Gasteiger partial charge in [0.05, 0.1) is 0 Å². The molecule has 2 nitrogen and oxygen atoms in total. The number of hydrogen-bond donors (Lipinski definition) is 1. The van der Waals surface area contributed by atoms with Gasteiger partial charge in [-0.15, -0.1) is 0 Å². The first-order valence-electron chi connectivity index (χ1n) is 7.76. The topological polar surface area (TPSA) is 29.3 Å². The van der Waals surface area contributed by atoms with Crippen LogP contribution in [0.25, 0.3) is 0 Å². The molecule has 0 bridgehead atoms. The Kier molecular flexibility index (Phi) is 3.98. The Morgan fingerprint density at radius 2 is 1.67 bits per heavy atom. The minimum absolute atomic E-state index is 0.744. The van der Waals surface area contributed by atoms with Gasteiger partial charge in [0.2, 0.25) is 0 Å². The summed E-state index contributed by atoms with van der Waals surface area (Å²) in [7, 11) is 0. The third-order valence-electron chi connectivity index (χ3n) is 4.36. The molecule has 2 heteroatoms. The SMILES string of the molecule is Cc1ccc(CN(Cc2cccc(N)c2)C2CC2)cc1C. The number of nitrogens with zero attached hydrogens (tertiary/aromatic N) is 1. The van der Waals surface area contributed by atoms with Crippen LogP contribution in [0, 0.1) is 13.8 Å². The van der Waals surface area contributed by atoms with E-state index in [1.165, 1.54) is 35.1 Å². The van der Waals surface area contributed by atoms with Crippen LogP contribution in [0.1, 0.15) is 35.1 Å². The second kappa shape index (κ2) is 5.90. The van der Waals surface area contributed by atoms with Crippen LogP contribution in [0.15, 0.2) is 42.5 Å². The molecule has 0 saturated heterocycles. The van der Waals surface area contributed by atoms with Gasteiger partial charge in [-0.1, -0.05) is 30.3 Å².